The van der Waals surface area contributed by atoms with Gasteiger partial charge in [-0.05, 0) is 19.8 Å². The molecule has 0 radical (unpaired) electrons. The molecule has 0 rings (SSSR count). The zero-order valence-electron chi connectivity index (χ0n) is 9.87. The molecule has 86 valence electrons. The third kappa shape index (κ3) is 10.9. The van der Waals surface area contributed by atoms with Crippen molar-refractivity contribution in [3.05, 3.63) is 24.3 Å². The largest absolute Gasteiger partial charge is 0.466 e. The lowest BCUT2D eigenvalue weighted by Crippen LogP contribution is -2.02. The van der Waals surface area contributed by atoms with Crippen LogP contribution in [0.15, 0.2) is 24.3 Å². The molecule has 0 aliphatic heterocycles. The standard InChI is InChI=1S/C13H22O2/c1-3-5-6-7-8-9-10-11-12-13(14)15-4-2/h7-10H,3-6,11-12H2,1-2H3/b8-7+,10-9+. The number of hydrogen-bond acceptors (Lipinski definition) is 2. The fourth-order valence-electron chi connectivity index (χ4n) is 1.11. The Hall–Kier alpha value is -1.05. The third-order valence-corrected chi connectivity index (χ3v) is 1.93. The van der Waals surface area contributed by atoms with Crippen LogP contribution in [0.25, 0.3) is 0 Å². The molecule has 0 aromatic carbocycles. The maximum Gasteiger partial charge on any atom is 0.306 e. The zero-order chi connectivity index (χ0) is 11.4. The van der Waals surface area contributed by atoms with E-state index in [9.17, 15) is 4.79 Å². The number of allylic oxidation sites excluding steroid dienone is 4. The maximum atomic E-state index is 10.9. The summed E-state index contributed by atoms with van der Waals surface area (Å²) in [5.74, 6) is -0.114. The molecule has 0 saturated heterocycles. The lowest BCUT2D eigenvalue weighted by atomic mass is 10.2. The first kappa shape index (κ1) is 13.9. The van der Waals surface area contributed by atoms with Crippen molar-refractivity contribution in [2.75, 3.05) is 6.61 Å². The van der Waals surface area contributed by atoms with Crippen LogP contribution in [0.3, 0.4) is 0 Å². The van der Waals surface area contributed by atoms with E-state index in [0.717, 1.165) is 12.8 Å². The first-order valence-corrected chi connectivity index (χ1v) is 5.78. The summed E-state index contributed by atoms with van der Waals surface area (Å²) in [5.41, 5.74) is 0. The van der Waals surface area contributed by atoms with Gasteiger partial charge in [0.15, 0.2) is 0 Å². The molecule has 0 spiro atoms. The van der Waals surface area contributed by atoms with E-state index >= 15 is 0 Å². The molecule has 0 saturated carbocycles. The van der Waals surface area contributed by atoms with Crippen molar-refractivity contribution in [3.8, 4) is 0 Å². The number of carbonyl (C=O) groups is 1. The SMILES string of the molecule is CCCC/C=C/C=C/CCC(=O)OCC. The highest BCUT2D eigenvalue weighted by atomic mass is 16.5. The highest BCUT2D eigenvalue weighted by Crippen LogP contribution is 1.97. The van der Waals surface area contributed by atoms with Gasteiger partial charge in [-0.1, -0.05) is 44.1 Å². The fourth-order valence-corrected chi connectivity index (χ4v) is 1.11. The highest BCUT2D eigenvalue weighted by Gasteiger charge is 1.97. The monoisotopic (exact) mass is 210 g/mol. The van der Waals surface area contributed by atoms with Crippen molar-refractivity contribution in [2.24, 2.45) is 0 Å². The normalized spacial score (nSPS) is 11.3. The van der Waals surface area contributed by atoms with Crippen molar-refractivity contribution in [2.45, 2.75) is 46.0 Å². The summed E-state index contributed by atoms with van der Waals surface area (Å²) in [6, 6.07) is 0. The topological polar surface area (TPSA) is 26.3 Å². The summed E-state index contributed by atoms with van der Waals surface area (Å²) < 4.78 is 4.81. The predicted octanol–water partition coefficient (Wildman–Crippen LogP) is 3.63. The van der Waals surface area contributed by atoms with Crippen molar-refractivity contribution >= 4 is 5.97 Å². The predicted molar refractivity (Wildman–Crippen MR) is 63.7 cm³/mol. The molecule has 0 aromatic rings. The number of ether oxygens (including phenoxy) is 1. The van der Waals surface area contributed by atoms with E-state index < -0.39 is 0 Å². The summed E-state index contributed by atoms with van der Waals surface area (Å²) >= 11 is 0. The second kappa shape index (κ2) is 11.0. The Kier molecular flexibility index (Phi) is 10.3. The smallest absolute Gasteiger partial charge is 0.306 e. The van der Waals surface area contributed by atoms with Crippen LogP contribution in [0.1, 0.15) is 46.0 Å². The van der Waals surface area contributed by atoms with Crippen molar-refractivity contribution in [1.82, 2.24) is 0 Å². The molecule has 0 fully saturated rings. The Bertz CT molecular complexity index is 205. The first-order chi connectivity index (χ1) is 7.31. The molecule has 0 aromatic heterocycles. The van der Waals surface area contributed by atoms with Crippen LogP contribution < -0.4 is 0 Å². The fraction of sp³-hybridized carbons (Fsp3) is 0.615. The molecule has 0 heterocycles. The average molecular weight is 210 g/mol. The molecular weight excluding hydrogens is 188 g/mol. The molecule has 15 heavy (non-hydrogen) atoms. The Morgan fingerprint density at radius 1 is 1.13 bits per heavy atom. The molecule has 0 unspecified atom stereocenters. The van der Waals surface area contributed by atoms with Gasteiger partial charge in [-0.2, -0.15) is 0 Å². The van der Waals surface area contributed by atoms with Crippen molar-refractivity contribution in [3.63, 3.8) is 0 Å². The molecule has 0 N–H and O–H groups in total. The zero-order valence-corrected chi connectivity index (χ0v) is 9.87. The molecule has 0 atom stereocenters. The summed E-state index contributed by atoms with van der Waals surface area (Å²) in [6.45, 7) is 4.48. The van der Waals surface area contributed by atoms with Gasteiger partial charge in [-0.25, -0.2) is 0 Å². The van der Waals surface area contributed by atoms with Gasteiger partial charge >= 0.3 is 5.97 Å². The van der Waals surface area contributed by atoms with Crippen molar-refractivity contribution in [1.29, 1.82) is 0 Å². The number of unbranched alkanes of at least 4 members (excludes halogenated alkanes) is 2. The lowest BCUT2D eigenvalue weighted by Gasteiger charge is -1.97. The first-order valence-electron chi connectivity index (χ1n) is 5.78. The summed E-state index contributed by atoms with van der Waals surface area (Å²) in [5, 5.41) is 0. The highest BCUT2D eigenvalue weighted by molar-refractivity contribution is 5.69. The van der Waals surface area contributed by atoms with Gasteiger partial charge in [0.1, 0.15) is 0 Å². The molecule has 0 aliphatic carbocycles. The molecular formula is C13H22O2. The van der Waals surface area contributed by atoms with E-state index in [2.05, 4.69) is 13.0 Å². The van der Waals surface area contributed by atoms with E-state index in [1.54, 1.807) is 0 Å². The number of esters is 1. The Morgan fingerprint density at radius 2 is 1.80 bits per heavy atom. The van der Waals surface area contributed by atoms with Crippen LogP contribution in [0.4, 0.5) is 0 Å². The quantitative estimate of drug-likeness (QED) is 0.347. The molecule has 0 aliphatic rings. The average Bonchev–Trinajstić information content (AvgIpc) is 2.22. The van der Waals surface area contributed by atoms with Gasteiger partial charge < -0.3 is 4.74 Å². The minimum Gasteiger partial charge on any atom is -0.466 e. The minimum absolute atomic E-state index is 0.114. The van der Waals surface area contributed by atoms with Crippen LogP contribution in [0, 0.1) is 0 Å². The third-order valence-electron chi connectivity index (χ3n) is 1.93. The van der Waals surface area contributed by atoms with E-state index in [4.69, 9.17) is 4.74 Å². The van der Waals surface area contributed by atoms with Crippen LogP contribution >= 0.6 is 0 Å². The minimum atomic E-state index is -0.114. The molecule has 0 bridgehead atoms. The van der Waals surface area contributed by atoms with Crippen LogP contribution in [-0.2, 0) is 9.53 Å². The van der Waals surface area contributed by atoms with E-state index in [1.807, 2.05) is 25.2 Å². The number of hydrogen-bond donors (Lipinski definition) is 0. The van der Waals surface area contributed by atoms with Gasteiger partial charge in [0, 0.05) is 6.42 Å². The van der Waals surface area contributed by atoms with Gasteiger partial charge in [0.05, 0.1) is 6.61 Å². The van der Waals surface area contributed by atoms with E-state index in [-0.39, 0.29) is 5.97 Å². The van der Waals surface area contributed by atoms with Crippen molar-refractivity contribution < 1.29 is 9.53 Å². The summed E-state index contributed by atoms with van der Waals surface area (Å²) in [6.07, 6.45) is 13.0. The van der Waals surface area contributed by atoms with Gasteiger partial charge in [-0.15, -0.1) is 0 Å². The number of rotatable bonds is 8. The van der Waals surface area contributed by atoms with E-state index in [1.165, 1.54) is 12.8 Å². The van der Waals surface area contributed by atoms with E-state index in [0.29, 0.717) is 13.0 Å². The maximum absolute atomic E-state index is 10.9. The summed E-state index contributed by atoms with van der Waals surface area (Å²) in [7, 11) is 0. The van der Waals surface area contributed by atoms with Gasteiger partial charge in [-0.3, -0.25) is 4.79 Å². The Morgan fingerprint density at radius 3 is 2.40 bits per heavy atom. The van der Waals surface area contributed by atoms with Crippen LogP contribution in [0.2, 0.25) is 0 Å². The van der Waals surface area contributed by atoms with Gasteiger partial charge in [0.2, 0.25) is 0 Å². The molecule has 2 heteroatoms. The van der Waals surface area contributed by atoms with Crippen LogP contribution in [-0.4, -0.2) is 12.6 Å². The second-order valence-electron chi connectivity index (χ2n) is 3.34. The Balaban J connectivity index is 3.38. The molecule has 2 nitrogen and oxygen atoms in total. The molecule has 0 amide bonds. The number of carbonyl (C=O) groups excluding carboxylic acids is 1. The van der Waals surface area contributed by atoms with Crippen LogP contribution in [0.5, 0.6) is 0 Å². The lowest BCUT2D eigenvalue weighted by molar-refractivity contribution is -0.142. The van der Waals surface area contributed by atoms with Gasteiger partial charge in [0.25, 0.3) is 0 Å². The second-order valence-corrected chi connectivity index (χ2v) is 3.34. The summed E-state index contributed by atoms with van der Waals surface area (Å²) in [4.78, 5) is 10.9. The Labute approximate surface area is 93.0 Å².